The summed E-state index contributed by atoms with van der Waals surface area (Å²) in [4.78, 5) is 18.2. The van der Waals surface area contributed by atoms with Crippen molar-refractivity contribution in [2.45, 2.75) is 39.7 Å². The van der Waals surface area contributed by atoms with E-state index >= 15 is 0 Å². The number of rotatable bonds is 9. The summed E-state index contributed by atoms with van der Waals surface area (Å²) in [5, 5.41) is 5.08. The first kappa shape index (κ1) is 27.2. The van der Waals surface area contributed by atoms with Gasteiger partial charge in [-0.25, -0.2) is 4.98 Å². The van der Waals surface area contributed by atoms with Crippen LogP contribution >= 0.6 is 31.9 Å². The second-order valence-electron chi connectivity index (χ2n) is 9.04. The maximum Gasteiger partial charge on any atom is 0.282 e. The molecule has 1 atom stereocenters. The molecular formula is C29H27Br2N3O5. The van der Waals surface area contributed by atoms with Gasteiger partial charge in [0.15, 0.2) is 23.0 Å². The van der Waals surface area contributed by atoms with E-state index in [0.717, 1.165) is 27.8 Å². The van der Waals surface area contributed by atoms with Gasteiger partial charge in [-0.15, -0.1) is 0 Å². The van der Waals surface area contributed by atoms with Crippen LogP contribution in [0.3, 0.4) is 0 Å². The number of halogens is 2. The minimum atomic E-state index is -0.222. The molecule has 0 saturated heterocycles. The van der Waals surface area contributed by atoms with Crippen LogP contribution in [-0.4, -0.2) is 29.3 Å². The Morgan fingerprint density at radius 2 is 1.90 bits per heavy atom. The second-order valence-corrected chi connectivity index (χ2v) is 10.8. The van der Waals surface area contributed by atoms with Crippen molar-refractivity contribution in [2.24, 2.45) is 5.10 Å². The lowest BCUT2D eigenvalue weighted by molar-refractivity contribution is 0.174. The molecule has 0 fully saturated rings. The van der Waals surface area contributed by atoms with Gasteiger partial charge in [0, 0.05) is 10.4 Å². The lowest BCUT2D eigenvalue weighted by atomic mass is 10.1. The van der Waals surface area contributed by atoms with E-state index in [1.165, 1.54) is 4.68 Å². The predicted molar refractivity (Wildman–Crippen MR) is 158 cm³/mol. The Labute approximate surface area is 242 Å². The molecule has 1 aliphatic heterocycles. The molecule has 3 aromatic carbocycles. The monoisotopic (exact) mass is 655 g/mol. The van der Waals surface area contributed by atoms with Crippen molar-refractivity contribution < 1.29 is 18.9 Å². The Kier molecular flexibility index (Phi) is 8.23. The summed E-state index contributed by atoms with van der Waals surface area (Å²) in [5.41, 5.74) is 2.10. The molecule has 0 aliphatic carbocycles. The van der Waals surface area contributed by atoms with Crippen molar-refractivity contribution in [2.75, 3.05) is 13.4 Å². The number of ether oxygens (including phenoxy) is 4. The Balaban J connectivity index is 1.47. The molecule has 39 heavy (non-hydrogen) atoms. The van der Waals surface area contributed by atoms with Crippen LogP contribution in [0, 0.1) is 0 Å². The molecule has 1 aliphatic rings. The largest absolute Gasteiger partial charge is 0.490 e. The van der Waals surface area contributed by atoms with Crippen LogP contribution in [-0.2, 0) is 6.61 Å². The van der Waals surface area contributed by atoms with Crippen molar-refractivity contribution in [3.63, 3.8) is 0 Å². The van der Waals surface area contributed by atoms with Gasteiger partial charge in [-0.2, -0.15) is 9.78 Å². The molecule has 0 N–H and O–H groups in total. The molecule has 0 spiro atoms. The van der Waals surface area contributed by atoms with Crippen LogP contribution in [0.15, 0.2) is 67.4 Å². The third-order valence-corrected chi connectivity index (χ3v) is 7.44. The Bertz CT molecular complexity index is 1620. The van der Waals surface area contributed by atoms with Crippen LogP contribution in [0.4, 0.5) is 0 Å². The van der Waals surface area contributed by atoms with Crippen molar-refractivity contribution in [1.82, 2.24) is 9.66 Å². The number of fused-ring (bicyclic) bond motifs is 2. The van der Waals surface area contributed by atoms with Gasteiger partial charge < -0.3 is 18.9 Å². The molecule has 0 saturated carbocycles. The van der Waals surface area contributed by atoms with Crippen LogP contribution < -0.4 is 24.5 Å². The number of hydrogen-bond donors (Lipinski definition) is 0. The van der Waals surface area contributed by atoms with E-state index in [0.29, 0.717) is 51.7 Å². The maximum atomic E-state index is 13.4. The summed E-state index contributed by atoms with van der Waals surface area (Å²) in [6.45, 7) is 7.00. The summed E-state index contributed by atoms with van der Waals surface area (Å²) in [7, 11) is 0. The van der Waals surface area contributed by atoms with Crippen LogP contribution in [0.1, 0.15) is 50.1 Å². The highest BCUT2D eigenvalue weighted by atomic mass is 79.9. The molecule has 0 amide bonds. The highest BCUT2D eigenvalue weighted by Crippen LogP contribution is 2.38. The molecular weight excluding hydrogens is 630 g/mol. The van der Waals surface area contributed by atoms with Gasteiger partial charge in [0.2, 0.25) is 6.79 Å². The normalized spacial score (nSPS) is 13.3. The summed E-state index contributed by atoms with van der Waals surface area (Å²) in [5.74, 6) is 3.21. The first-order valence-corrected chi connectivity index (χ1v) is 14.2. The molecule has 0 radical (unpaired) electrons. The van der Waals surface area contributed by atoms with Gasteiger partial charge in [-0.3, -0.25) is 4.79 Å². The lowest BCUT2D eigenvalue weighted by Crippen LogP contribution is -2.23. The Morgan fingerprint density at radius 3 is 2.69 bits per heavy atom. The highest BCUT2D eigenvalue weighted by Gasteiger charge is 2.18. The Hall–Kier alpha value is -3.37. The van der Waals surface area contributed by atoms with Gasteiger partial charge >= 0.3 is 0 Å². The van der Waals surface area contributed by atoms with Gasteiger partial charge in [-0.1, -0.05) is 35.8 Å². The van der Waals surface area contributed by atoms with Crippen LogP contribution in [0.2, 0.25) is 0 Å². The van der Waals surface area contributed by atoms with Crippen molar-refractivity contribution in [1.29, 1.82) is 0 Å². The topological polar surface area (TPSA) is 84.2 Å². The number of nitrogens with zero attached hydrogens (tertiary/aromatic N) is 3. The molecule has 202 valence electrons. The number of hydrogen-bond acceptors (Lipinski definition) is 7. The average Bonchev–Trinajstić information content (AvgIpc) is 3.40. The van der Waals surface area contributed by atoms with E-state index in [1.807, 2.05) is 56.3 Å². The molecule has 0 unspecified atom stereocenters. The third-order valence-electron chi connectivity index (χ3n) is 6.36. The molecule has 5 rings (SSSR count). The van der Waals surface area contributed by atoms with Crippen LogP contribution in [0.25, 0.3) is 10.9 Å². The zero-order valence-corrected chi connectivity index (χ0v) is 24.9. The van der Waals surface area contributed by atoms with E-state index in [1.54, 1.807) is 12.3 Å². The average molecular weight is 657 g/mol. The zero-order valence-electron chi connectivity index (χ0n) is 21.7. The minimum absolute atomic E-state index is 0.0422. The number of aromatic nitrogens is 2. The van der Waals surface area contributed by atoms with E-state index in [4.69, 9.17) is 23.9 Å². The van der Waals surface area contributed by atoms with Crippen LogP contribution in [0.5, 0.6) is 23.0 Å². The summed E-state index contributed by atoms with van der Waals surface area (Å²) < 4.78 is 25.8. The maximum absolute atomic E-state index is 13.4. The van der Waals surface area contributed by atoms with E-state index in [-0.39, 0.29) is 18.3 Å². The smallest absolute Gasteiger partial charge is 0.282 e. The summed E-state index contributed by atoms with van der Waals surface area (Å²) in [6, 6.07) is 14.9. The minimum Gasteiger partial charge on any atom is -0.490 e. The molecule has 4 aromatic rings. The molecule has 1 aromatic heterocycles. The van der Waals surface area contributed by atoms with Crippen molar-refractivity contribution >= 4 is 49.0 Å². The van der Waals surface area contributed by atoms with Gasteiger partial charge in [0.1, 0.15) is 12.4 Å². The molecule has 0 bridgehead atoms. The molecule has 10 heteroatoms. The lowest BCUT2D eigenvalue weighted by Gasteiger charge is -2.15. The van der Waals surface area contributed by atoms with Gasteiger partial charge in [0.25, 0.3) is 5.56 Å². The predicted octanol–water partition coefficient (Wildman–Crippen LogP) is 7.02. The Morgan fingerprint density at radius 1 is 1.08 bits per heavy atom. The SMILES string of the molecule is CCOc1cc(C=Nn2c([C@H](C)CC)nc3ccc(Br)cc3c2=O)cc(Br)c1OCc1ccc2c(c1)OCO2. The first-order chi connectivity index (χ1) is 18.9. The van der Waals surface area contributed by atoms with E-state index in [9.17, 15) is 4.79 Å². The van der Waals surface area contributed by atoms with Crippen molar-refractivity contribution in [3.05, 3.63) is 84.8 Å². The highest BCUT2D eigenvalue weighted by molar-refractivity contribution is 9.10. The van der Waals surface area contributed by atoms with E-state index in [2.05, 4.69) is 43.9 Å². The van der Waals surface area contributed by atoms with E-state index < -0.39 is 0 Å². The van der Waals surface area contributed by atoms with Crippen molar-refractivity contribution in [3.8, 4) is 23.0 Å². The fraction of sp³-hybridized carbons (Fsp3) is 0.276. The fourth-order valence-corrected chi connectivity index (χ4v) is 5.09. The summed E-state index contributed by atoms with van der Waals surface area (Å²) in [6.07, 6.45) is 2.45. The number of benzene rings is 3. The zero-order chi connectivity index (χ0) is 27.5. The molecule has 2 heterocycles. The quantitative estimate of drug-likeness (QED) is 0.180. The van der Waals surface area contributed by atoms with Gasteiger partial charge in [-0.05, 0) is 82.9 Å². The third kappa shape index (κ3) is 5.81. The second kappa shape index (κ2) is 11.8. The van der Waals surface area contributed by atoms with Gasteiger partial charge in [0.05, 0.1) is 28.2 Å². The fourth-order valence-electron chi connectivity index (χ4n) is 4.16. The standard InChI is InChI=1S/C29H27Br2N3O5/c1-4-17(3)28-33-23-8-7-20(30)13-21(23)29(35)34(28)32-14-19-10-22(31)27(26(12-19)36-5-2)37-15-18-6-9-24-25(11-18)39-16-38-24/h6-14,17H,4-5,15-16H2,1-3H3/t17-/m1/s1. The molecule has 8 nitrogen and oxygen atoms in total. The first-order valence-electron chi connectivity index (χ1n) is 12.6. The summed E-state index contributed by atoms with van der Waals surface area (Å²) >= 11 is 7.07.